The van der Waals surface area contributed by atoms with E-state index in [2.05, 4.69) is 19.2 Å². The topological polar surface area (TPSA) is 89.8 Å². The fourth-order valence-corrected chi connectivity index (χ4v) is 4.54. The number of unbranched alkanes of at least 4 members (excludes halogenated alkanes) is 18. The van der Waals surface area contributed by atoms with Crippen LogP contribution in [0.25, 0.3) is 0 Å². The van der Waals surface area contributed by atoms with Crippen LogP contribution in [0.4, 0.5) is 0 Å². The minimum absolute atomic E-state index is 0.310. The molecule has 0 heterocycles. The van der Waals surface area contributed by atoms with Crippen LogP contribution < -0.4 is 5.32 Å². The molecule has 1 amide bonds. The molecule has 0 bridgehead atoms. The molecular formula is C29H59NO4. The molecule has 0 aromatic heterocycles. The lowest BCUT2D eigenvalue weighted by Gasteiger charge is -2.23. The molecule has 0 aliphatic heterocycles. The van der Waals surface area contributed by atoms with Gasteiger partial charge in [0.05, 0.1) is 18.8 Å². The molecule has 3 unspecified atom stereocenters. The first kappa shape index (κ1) is 33.4. The molecule has 5 heteroatoms. The molecule has 34 heavy (non-hydrogen) atoms. The van der Waals surface area contributed by atoms with Crippen molar-refractivity contribution in [2.75, 3.05) is 6.61 Å². The van der Waals surface area contributed by atoms with E-state index in [1.807, 2.05) is 0 Å². The van der Waals surface area contributed by atoms with Crippen LogP contribution in [0.5, 0.6) is 0 Å². The summed E-state index contributed by atoms with van der Waals surface area (Å²) in [6.07, 6.45) is 23.6. The van der Waals surface area contributed by atoms with Gasteiger partial charge < -0.3 is 20.6 Å². The Morgan fingerprint density at radius 3 is 1.32 bits per heavy atom. The summed E-state index contributed by atoms with van der Waals surface area (Å²) in [4.78, 5) is 12.3. The van der Waals surface area contributed by atoms with Gasteiger partial charge in [-0.05, 0) is 12.8 Å². The first-order valence-electron chi connectivity index (χ1n) is 14.8. The fourth-order valence-electron chi connectivity index (χ4n) is 4.54. The smallest absolute Gasteiger partial charge is 0.249 e. The number of amides is 1. The third-order valence-corrected chi connectivity index (χ3v) is 6.98. The Balaban J connectivity index is 3.77. The summed E-state index contributed by atoms with van der Waals surface area (Å²) in [5, 5.41) is 32.8. The van der Waals surface area contributed by atoms with Gasteiger partial charge in [-0.25, -0.2) is 0 Å². The SMILES string of the molecule is CCCCCCCCCCCCC(O)C(=O)NC(CO)C(O)CCCCCCCCCCCC. The lowest BCUT2D eigenvalue weighted by molar-refractivity contribution is -0.131. The van der Waals surface area contributed by atoms with E-state index in [1.54, 1.807) is 0 Å². The Labute approximate surface area is 211 Å². The summed E-state index contributed by atoms with van der Waals surface area (Å²) >= 11 is 0. The highest BCUT2D eigenvalue weighted by atomic mass is 16.3. The average Bonchev–Trinajstić information content (AvgIpc) is 2.84. The second-order valence-electron chi connectivity index (χ2n) is 10.3. The van der Waals surface area contributed by atoms with Gasteiger partial charge in [0.15, 0.2) is 0 Å². The van der Waals surface area contributed by atoms with Crippen LogP contribution in [-0.2, 0) is 4.79 Å². The summed E-state index contributed by atoms with van der Waals surface area (Å²) in [7, 11) is 0. The second-order valence-corrected chi connectivity index (χ2v) is 10.3. The van der Waals surface area contributed by atoms with Crippen molar-refractivity contribution in [1.82, 2.24) is 5.32 Å². The Bertz CT molecular complexity index is 432. The zero-order chi connectivity index (χ0) is 25.3. The van der Waals surface area contributed by atoms with Crippen molar-refractivity contribution in [2.24, 2.45) is 0 Å². The van der Waals surface area contributed by atoms with Crippen molar-refractivity contribution in [3.8, 4) is 0 Å². The standard InChI is InChI=1S/C29H59NO4/c1-3-5-7-9-11-13-15-17-19-21-23-27(32)26(25-31)30-29(34)28(33)24-22-20-18-16-14-12-10-8-6-4-2/h26-28,31-33H,3-25H2,1-2H3,(H,30,34). The van der Waals surface area contributed by atoms with Crippen molar-refractivity contribution in [2.45, 2.75) is 173 Å². The Morgan fingerprint density at radius 1 is 0.588 bits per heavy atom. The summed E-state index contributed by atoms with van der Waals surface area (Å²) in [6, 6.07) is -0.701. The highest BCUT2D eigenvalue weighted by Gasteiger charge is 2.23. The average molecular weight is 486 g/mol. The Morgan fingerprint density at radius 2 is 0.941 bits per heavy atom. The highest BCUT2D eigenvalue weighted by molar-refractivity contribution is 5.80. The van der Waals surface area contributed by atoms with E-state index < -0.39 is 24.2 Å². The molecule has 0 aliphatic rings. The van der Waals surface area contributed by atoms with Gasteiger partial charge >= 0.3 is 0 Å². The molecule has 4 N–H and O–H groups in total. The van der Waals surface area contributed by atoms with Crippen molar-refractivity contribution < 1.29 is 20.1 Å². The number of nitrogens with one attached hydrogen (secondary N) is 1. The third kappa shape index (κ3) is 20.7. The van der Waals surface area contributed by atoms with E-state index in [4.69, 9.17) is 0 Å². The van der Waals surface area contributed by atoms with Gasteiger partial charge in [0.25, 0.3) is 0 Å². The quantitative estimate of drug-likeness (QED) is 0.101. The van der Waals surface area contributed by atoms with Gasteiger partial charge in [-0.2, -0.15) is 0 Å². The number of hydrogen-bond acceptors (Lipinski definition) is 4. The number of carbonyl (C=O) groups is 1. The van der Waals surface area contributed by atoms with Crippen LogP contribution >= 0.6 is 0 Å². The Kier molecular flexibility index (Phi) is 25.0. The number of aliphatic hydroxyl groups excluding tert-OH is 3. The minimum Gasteiger partial charge on any atom is -0.394 e. The highest BCUT2D eigenvalue weighted by Crippen LogP contribution is 2.14. The first-order chi connectivity index (χ1) is 16.6. The van der Waals surface area contributed by atoms with E-state index in [0.29, 0.717) is 12.8 Å². The molecule has 0 saturated carbocycles. The normalized spacial score (nSPS) is 14.1. The predicted octanol–water partition coefficient (Wildman–Crippen LogP) is 6.81. The monoisotopic (exact) mass is 485 g/mol. The van der Waals surface area contributed by atoms with Gasteiger partial charge in [-0.1, -0.05) is 142 Å². The van der Waals surface area contributed by atoms with Gasteiger partial charge in [-0.15, -0.1) is 0 Å². The van der Waals surface area contributed by atoms with Crippen LogP contribution in [0.15, 0.2) is 0 Å². The van der Waals surface area contributed by atoms with E-state index in [9.17, 15) is 20.1 Å². The zero-order valence-electron chi connectivity index (χ0n) is 22.7. The molecule has 0 radical (unpaired) electrons. The van der Waals surface area contributed by atoms with Crippen LogP contribution in [0.1, 0.15) is 155 Å². The van der Waals surface area contributed by atoms with Gasteiger partial charge in [-0.3, -0.25) is 4.79 Å². The van der Waals surface area contributed by atoms with E-state index >= 15 is 0 Å². The number of carbonyl (C=O) groups excluding carboxylic acids is 1. The second kappa shape index (κ2) is 25.4. The number of rotatable bonds is 26. The summed E-state index contributed by atoms with van der Waals surface area (Å²) in [6.45, 7) is 4.17. The molecular weight excluding hydrogens is 426 g/mol. The molecule has 0 saturated heterocycles. The molecule has 0 fully saturated rings. The molecule has 0 aromatic rings. The molecule has 0 spiro atoms. The van der Waals surface area contributed by atoms with Crippen molar-refractivity contribution in [1.29, 1.82) is 0 Å². The van der Waals surface area contributed by atoms with Crippen molar-refractivity contribution in [3.63, 3.8) is 0 Å². The number of hydrogen-bond donors (Lipinski definition) is 4. The molecule has 0 rings (SSSR count). The lowest BCUT2D eigenvalue weighted by Crippen LogP contribution is -2.49. The van der Waals surface area contributed by atoms with Crippen molar-refractivity contribution in [3.05, 3.63) is 0 Å². The largest absolute Gasteiger partial charge is 0.394 e. The summed E-state index contributed by atoms with van der Waals surface area (Å²) in [5.74, 6) is -0.475. The molecule has 0 aromatic carbocycles. The number of aliphatic hydroxyl groups is 3. The van der Waals surface area contributed by atoms with Crippen LogP contribution in [-0.4, -0.2) is 46.1 Å². The minimum atomic E-state index is -1.06. The van der Waals surface area contributed by atoms with Crippen LogP contribution in [0.3, 0.4) is 0 Å². The molecule has 5 nitrogen and oxygen atoms in total. The third-order valence-electron chi connectivity index (χ3n) is 6.98. The maximum Gasteiger partial charge on any atom is 0.249 e. The van der Waals surface area contributed by atoms with E-state index in [0.717, 1.165) is 32.1 Å². The molecule has 204 valence electrons. The van der Waals surface area contributed by atoms with E-state index in [-0.39, 0.29) is 6.61 Å². The fraction of sp³-hybridized carbons (Fsp3) is 0.966. The lowest BCUT2D eigenvalue weighted by atomic mass is 10.0. The zero-order valence-corrected chi connectivity index (χ0v) is 22.7. The van der Waals surface area contributed by atoms with Gasteiger partial charge in [0, 0.05) is 0 Å². The van der Waals surface area contributed by atoms with Crippen LogP contribution in [0.2, 0.25) is 0 Å². The summed E-state index contributed by atoms with van der Waals surface area (Å²) in [5.41, 5.74) is 0. The van der Waals surface area contributed by atoms with E-state index in [1.165, 1.54) is 96.3 Å². The molecule has 0 aliphatic carbocycles. The predicted molar refractivity (Wildman–Crippen MR) is 144 cm³/mol. The van der Waals surface area contributed by atoms with Gasteiger partial charge in [0.2, 0.25) is 5.91 Å². The summed E-state index contributed by atoms with van der Waals surface area (Å²) < 4.78 is 0. The van der Waals surface area contributed by atoms with Crippen molar-refractivity contribution >= 4 is 5.91 Å². The maximum absolute atomic E-state index is 12.3. The first-order valence-corrected chi connectivity index (χ1v) is 14.8. The van der Waals surface area contributed by atoms with Crippen LogP contribution in [0, 0.1) is 0 Å². The maximum atomic E-state index is 12.3. The van der Waals surface area contributed by atoms with Gasteiger partial charge in [0.1, 0.15) is 6.10 Å². The Hall–Kier alpha value is -0.650. The molecule has 3 atom stereocenters.